The van der Waals surface area contributed by atoms with E-state index >= 15 is 0 Å². The number of pyridine rings is 1. The summed E-state index contributed by atoms with van der Waals surface area (Å²) in [7, 11) is 0. The molecule has 0 radical (unpaired) electrons. The molecular formula is C19H16BrNO. The lowest BCUT2D eigenvalue weighted by Gasteiger charge is -2.05. The van der Waals surface area contributed by atoms with Gasteiger partial charge in [0.2, 0.25) is 0 Å². The number of rotatable bonds is 4. The van der Waals surface area contributed by atoms with Crippen molar-refractivity contribution in [2.24, 2.45) is 0 Å². The number of hydrogen-bond donors (Lipinski definition) is 0. The zero-order valence-electron chi connectivity index (χ0n) is 12.3. The molecule has 0 amide bonds. The molecule has 0 unspecified atom stereocenters. The van der Waals surface area contributed by atoms with E-state index in [1.54, 1.807) is 0 Å². The van der Waals surface area contributed by atoms with Gasteiger partial charge in [0.05, 0.1) is 17.8 Å². The molecule has 3 aromatic rings. The van der Waals surface area contributed by atoms with Gasteiger partial charge in [-0.1, -0.05) is 46.3 Å². The minimum Gasteiger partial charge on any atom is -0.494 e. The maximum Gasteiger partial charge on any atom is 0.119 e. The molecule has 0 aliphatic heterocycles. The van der Waals surface area contributed by atoms with E-state index in [0.29, 0.717) is 6.61 Å². The van der Waals surface area contributed by atoms with Crippen LogP contribution in [-0.4, -0.2) is 11.6 Å². The number of para-hydroxylation sites is 1. The van der Waals surface area contributed by atoms with E-state index < -0.39 is 0 Å². The largest absolute Gasteiger partial charge is 0.494 e. The summed E-state index contributed by atoms with van der Waals surface area (Å²) in [5.41, 5.74) is 3.01. The van der Waals surface area contributed by atoms with E-state index in [1.807, 2.05) is 61.5 Å². The van der Waals surface area contributed by atoms with Gasteiger partial charge in [0.15, 0.2) is 0 Å². The predicted octanol–water partition coefficient (Wildman–Crippen LogP) is 5.57. The predicted molar refractivity (Wildman–Crippen MR) is 96.0 cm³/mol. The molecule has 0 saturated carbocycles. The quantitative estimate of drug-likeness (QED) is 0.611. The molecule has 0 saturated heterocycles. The molecule has 0 bridgehead atoms. The van der Waals surface area contributed by atoms with Gasteiger partial charge >= 0.3 is 0 Å². The van der Waals surface area contributed by atoms with Gasteiger partial charge in [-0.15, -0.1) is 0 Å². The summed E-state index contributed by atoms with van der Waals surface area (Å²) in [4.78, 5) is 4.65. The van der Waals surface area contributed by atoms with Crippen LogP contribution in [-0.2, 0) is 0 Å². The van der Waals surface area contributed by atoms with Crippen LogP contribution in [0.5, 0.6) is 5.75 Å². The van der Waals surface area contributed by atoms with Crippen LogP contribution in [0, 0.1) is 0 Å². The van der Waals surface area contributed by atoms with Crippen LogP contribution in [0.3, 0.4) is 0 Å². The standard InChI is InChI=1S/C19H16BrNO/c1-2-22-17-11-12-18(20)15(13-17)8-10-16-9-7-14-5-3-4-6-19(14)21-16/h3-13H,2H2,1H3/b10-8+. The monoisotopic (exact) mass is 353 g/mol. The van der Waals surface area contributed by atoms with E-state index in [4.69, 9.17) is 4.74 Å². The highest BCUT2D eigenvalue weighted by Gasteiger charge is 2.00. The van der Waals surface area contributed by atoms with Gasteiger partial charge in [-0.05, 0) is 48.9 Å². The Morgan fingerprint density at radius 2 is 1.91 bits per heavy atom. The number of hydrogen-bond acceptors (Lipinski definition) is 2. The molecule has 2 aromatic carbocycles. The maximum atomic E-state index is 5.54. The molecule has 1 aromatic heterocycles. The highest BCUT2D eigenvalue weighted by Crippen LogP contribution is 2.24. The Hall–Kier alpha value is -2.13. The van der Waals surface area contributed by atoms with Crippen molar-refractivity contribution < 1.29 is 4.74 Å². The Bertz CT molecular complexity index is 827. The lowest BCUT2D eigenvalue weighted by molar-refractivity contribution is 0.340. The maximum absolute atomic E-state index is 5.54. The van der Waals surface area contributed by atoms with Gasteiger partial charge < -0.3 is 4.74 Å². The number of nitrogens with zero attached hydrogens (tertiary/aromatic N) is 1. The summed E-state index contributed by atoms with van der Waals surface area (Å²) in [5.74, 6) is 0.872. The smallest absolute Gasteiger partial charge is 0.119 e. The van der Waals surface area contributed by atoms with Crippen molar-refractivity contribution in [2.75, 3.05) is 6.61 Å². The van der Waals surface area contributed by atoms with Crippen LogP contribution in [0.1, 0.15) is 18.2 Å². The molecule has 0 fully saturated rings. The minimum atomic E-state index is 0.664. The van der Waals surface area contributed by atoms with Crippen LogP contribution in [0.15, 0.2) is 59.1 Å². The van der Waals surface area contributed by atoms with E-state index in [-0.39, 0.29) is 0 Å². The summed E-state index contributed by atoms with van der Waals surface area (Å²) < 4.78 is 6.58. The third kappa shape index (κ3) is 3.37. The minimum absolute atomic E-state index is 0.664. The van der Waals surface area contributed by atoms with Gasteiger partial charge in [0.25, 0.3) is 0 Å². The average molecular weight is 354 g/mol. The molecule has 0 spiro atoms. The second-order valence-electron chi connectivity index (χ2n) is 4.88. The van der Waals surface area contributed by atoms with Gasteiger partial charge in [-0.2, -0.15) is 0 Å². The highest BCUT2D eigenvalue weighted by molar-refractivity contribution is 9.10. The van der Waals surface area contributed by atoms with Gasteiger partial charge in [-0.25, -0.2) is 4.98 Å². The summed E-state index contributed by atoms with van der Waals surface area (Å²) >= 11 is 3.57. The Balaban J connectivity index is 1.90. The molecule has 2 nitrogen and oxygen atoms in total. The molecule has 110 valence electrons. The number of benzene rings is 2. The zero-order chi connectivity index (χ0) is 15.4. The second-order valence-corrected chi connectivity index (χ2v) is 5.73. The first-order valence-electron chi connectivity index (χ1n) is 7.22. The Morgan fingerprint density at radius 1 is 1.05 bits per heavy atom. The van der Waals surface area contributed by atoms with Crippen molar-refractivity contribution >= 4 is 39.0 Å². The first-order chi connectivity index (χ1) is 10.8. The van der Waals surface area contributed by atoms with Crippen LogP contribution < -0.4 is 4.74 Å². The topological polar surface area (TPSA) is 22.1 Å². The van der Waals surface area contributed by atoms with E-state index in [0.717, 1.165) is 32.4 Å². The molecule has 22 heavy (non-hydrogen) atoms. The Kier molecular flexibility index (Phi) is 4.54. The Morgan fingerprint density at radius 3 is 2.77 bits per heavy atom. The van der Waals surface area contributed by atoms with Gasteiger partial charge in [0, 0.05) is 9.86 Å². The fourth-order valence-corrected chi connectivity index (χ4v) is 2.63. The van der Waals surface area contributed by atoms with E-state index in [1.165, 1.54) is 0 Å². The molecule has 0 atom stereocenters. The molecule has 3 rings (SSSR count). The van der Waals surface area contributed by atoms with Crippen molar-refractivity contribution in [3.8, 4) is 5.75 Å². The lowest BCUT2D eigenvalue weighted by Crippen LogP contribution is -1.91. The average Bonchev–Trinajstić information content (AvgIpc) is 2.55. The zero-order valence-corrected chi connectivity index (χ0v) is 13.9. The highest BCUT2D eigenvalue weighted by atomic mass is 79.9. The SMILES string of the molecule is CCOc1ccc(Br)c(/C=C/c2ccc3ccccc3n2)c1. The molecule has 3 heteroatoms. The molecule has 0 aliphatic carbocycles. The van der Waals surface area contributed by atoms with Crippen molar-refractivity contribution in [3.05, 3.63) is 70.3 Å². The van der Waals surface area contributed by atoms with Crippen LogP contribution in [0.4, 0.5) is 0 Å². The fourth-order valence-electron chi connectivity index (χ4n) is 2.26. The second kappa shape index (κ2) is 6.75. The summed E-state index contributed by atoms with van der Waals surface area (Å²) in [6, 6.07) is 18.2. The third-order valence-electron chi connectivity index (χ3n) is 3.33. The van der Waals surface area contributed by atoms with Crippen molar-refractivity contribution in [1.82, 2.24) is 4.98 Å². The Labute approximate surface area is 138 Å². The number of fused-ring (bicyclic) bond motifs is 1. The number of halogens is 1. The van der Waals surface area contributed by atoms with E-state index in [9.17, 15) is 0 Å². The number of aromatic nitrogens is 1. The fraction of sp³-hybridized carbons (Fsp3) is 0.105. The molecule has 1 heterocycles. The molecular weight excluding hydrogens is 338 g/mol. The van der Waals surface area contributed by atoms with Crippen molar-refractivity contribution in [3.63, 3.8) is 0 Å². The lowest BCUT2D eigenvalue weighted by atomic mass is 10.1. The summed E-state index contributed by atoms with van der Waals surface area (Å²) in [6.07, 6.45) is 4.06. The summed E-state index contributed by atoms with van der Waals surface area (Å²) in [5, 5.41) is 1.15. The van der Waals surface area contributed by atoms with Crippen molar-refractivity contribution in [1.29, 1.82) is 0 Å². The number of ether oxygens (including phenoxy) is 1. The van der Waals surface area contributed by atoms with Gasteiger partial charge in [0.1, 0.15) is 5.75 Å². The third-order valence-corrected chi connectivity index (χ3v) is 4.05. The normalized spacial score (nSPS) is 11.2. The van der Waals surface area contributed by atoms with E-state index in [2.05, 4.69) is 33.0 Å². The summed E-state index contributed by atoms with van der Waals surface area (Å²) in [6.45, 7) is 2.65. The van der Waals surface area contributed by atoms with Crippen molar-refractivity contribution in [2.45, 2.75) is 6.92 Å². The van der Waals surface area contributed by atoms with Crippen LogP contribution >= 0.6 is 15.9 Å². The van der Waals surface area contributed by atoms with Gasteiger partial charge in [-0.3, -0.25) is 0 Å². The first kappa shape index (κ1) is 14.8. The van der Waals surface area contributed by atoms with Crippen LogP contribution in [0.25, 0.3) is 23.1 Å². The first-order valence-corrected chi connectivity index (χ1v) is 8.02. The molecule has 0 N–H and O–H groups in total. The molecule has 0 aliphatic rings. The van der Waals surface area contributed by atoms with Crippen LogP contribution in [0.2, 0.25) is 0 Å².